The third kappa shape index (κ3) is 2.85. The maximum Gasteiger partial charge on any atom is 0.243 e. The van der Waals surface area contributed by atoms with E-state index in [1.165, 1.54) is 0 Å². The van der Waals surface area contributed by atoms with Gasteiger partial charge in [0.2, 0.25) is 10.0 Å². The van der Waals surface area contributed by atoms with E-state index in [0.29, 0.717) is 24.3 Å². The average Bonchev–Trinajstić information content (AvgIpc) is 2.46. The van der Waals surface area contributed by atoms with E-state index in [0.717, 1.165) is 18.4 Å². The first kappa shape index (κ1) is 15.0. The fraction of sp³-hybridized carbons (Fsp3) is 0.600. The summed E-state index contributed by atoms with van der Waals surface area (Å²) in [5, 5.41) is 9.59. The minimum absolute atomic E-state index is 0.159. The molecule has 3 atom stereocenters. The van der Waals surface area contributed by atoms with Gasteiger partial charge in [0.05, 0.1) is 17.0 Å². The molecule has 0 aromatic heterocycles. The number of benzene rings is 1. The molecule has 3 rings (SSSR count). The van der Waals surface area contributed by atoms with Gasteiger partial charge in [0.25, 0.3) is 0 Å². The Labute approximate surface area is 125 Å². The summed E-state index contributed by atoms with van der Waals surface area (Å²) in [7, 11) is -3.49. The van der Waals surface area contributed by atoms with Crippen molar-refractivity contribution in [3.8, 4) is 0 Å². The van der Waals surface area contributed by atoms with Crippen molar-refractivity contribution in [3.63, 3.8) is 0 Å². The van der Waals surface area contributed by atoms with E-state index in [-0.39, 0.29) is 12.1 Å². The minimum Gasteiger partial charge on any atom is -0.368 e. The van der Waals surface area contributed by atoms with Gasteiger partial charge in [-0.25, -0.2) is 8.42 Å². The lowest BCUT2D eigenvalue weighted by molar-refractivity contribution is -0.189. The molecule has 1 unspecified atom stereocenters. The Balaban J connectivity index is 1.89. The molecule has 1 aromatic rings. The summed E-state index contributed by atoms with van der Waals surface area (Å²) in [5.74, 6) is 0. The van der Waals surface area contributed by atoms with Crippen LogP contribution in [-0.4, -0.2) is 42.8 Å². The molecule has 2 fully saturated rings. The predicted octanol–water partition coefficient (Wildman–Crippen LogP) is 1.65. The summed E-state index contributed by atoms with van der Waals surface area (Å²) in [6.45, 7) is 2.46. The number of piperidine rings is 1. The Morgan fingerprint density at radius 3 is 2.62 bits per heavy atom. The maximum atomic E-state index is 12.8. The van der Waals surface area contributed by atoms with Crippen molar-refractivity contribution in [3.05, 3.63) is 29.8 Å². The zero-order chi connectivity index (χ0) is 15.0. The number of aliphatic hydroxyl groups excluding tert-OH is 1. The van der Waals surface area contributed by atoms with Crippen molar-refractivity contribution < 1.29 is 18.3 Å². The molecule has 0 amide bonds. The second-order valence-corrected chi connectivity index (χ2v) is 7.74. The summed E-state index contributed by atoms with van der Waals surface area (Å²) in [4.78, 5) is 0.333. The van der Waals surface area contributed by atoms with Crippen LogP contribution in [0.1, 0.15) is 31.2 Å². The summed E-state index contributed by atoms with van der Waals surface area (Å²) in [6.07, 6.45) is 1.76. The van der Waals surface area contributed by atoms with Crippen molar-refractivity contribution in [1.82, 2.24) is 4.31 Å². The molecule has 2 aliphatic rings. The molecule has 2 saturated heterocycles. The number of rotatable bonds is 2. The molecule has 2 aliphatic heterocycles. The molecule has 1 N–H and O–H groups in total. The summed E-state index contributed by atoms with van der Waals surface area (Å²) < 4.78 is 32.8. The number of aliphatic hydroxyl groups is 1. The molecule has 5 nitrogen and oxygen atoms in total. The van der Waals surface area contributed by atoms with Gasteiger partial charge in [-0.2, -0.15) is 4.31 Å². The molecular weight excluding hydrogens is 290 g/mol. The zero-order valence-corrected chi connectivity index (χ0v) is 12.9. The van der Waals surface area contributed by atoms with E-state index in [1.54, 1.807) is 16.4 Å². The third-order valence-corrected chi connectivity index (χ3v) is 6.27. The fourth-order valence-electron chi connectivity index (χ4n) is 3.21. The second kappa shape index (κ2) is 5.68. The third-order valence-electron chi connectivity index (χ3n) is 4.34. The number of fused-ring (bicyclic) bond motifs is 1. The number of hydrogen-bond acceptors (Lipinski definition) is 4. The van der Waals surface area contributed by atoms with Gasteiger partial charge in [0.1, 0.15) is 0 Å². The molecule has 0 aliphatic carbocycles. The number of aryl methyl sites for hydroxylation is 1. The van der Waals surface area contributed by atoms with Crippen LogP contribution in [0.5, 0.6) is 0 Å². The highest BCUT2D eigenvalue weighted by Gasteiger charge is 2.42. The highest BCUT2D eigenvalue weighted by Crippen LogP contribution is 2.33. The molecule has 1 aromatic carbocycles. The fourth-order valence-corrected chi connectivity index (χ4v) is 4.93. The molecule has 0 bridgehead atoms. The number of ether oxygens (including phenoxy) is 1. The number of nitrogens with zero attached hydrogens (tertiary/aromatic N) is 1. The Kier molecular flexibility index (Phi) is 4.05. The van der Waals surface area contributed by atoms with Gasteiger partial charge in [-0.05, 0) is 44.7 Å². The van der Waals surface area contributed by atoms with Crippen LogP contribution in [0.2, 0.25) is 0 Å². The maximum absolute atomic E-state index is 12.8. The van der Waals surface area contributed by atoms with E-state index in [1.807, 2.05) is 19.1 Å². The molecular formula is C15H21NO4S. The standard InChI is InChI=1S/C15H21NO4S/c1-11-4-6-12(7-5-11)21(18,19)16-10-2-3-14-13(16)8-9-15(17)20-14/h4-7,13-15,17H,2-3,8-10H2,1H3/t13-,14+,15?/m1/s1. The Morgan fingerprint density at radius 2 is 1.90 bits per heavy atom. The van der Waals surface area contributed by atoms with Crippen LogP contribution >= 0.6 is 0 Å². The summed E-state index contributed by atoms with van der Waals surface area (Å²) in [5.41, 5.74) is 1.04. The first-order chi connectivity index (χ1) is 9.98. The van der Waals surface area contributed by atoms with Crippen molar-refractivity contribution in [2.75, 3.05) is 6.54 Å². The largest absolute Gasteiger partial charge is 0.368 e. The van der Waals surface area contributed by atoms with Crippen LogP contribution in [0.4, 0.5) is 0 Å². The molecule has 0 saturated carbocycles. The lowest BCUT2D eigenvalue weighted by Crippen LogP contribution is -2.55. The van der Waals surface area contributed by atoms with E-state index in [2.05, 4.69) is 0 Å². The first-order valence-electron chi connectivity index (χ1n) is 7.40. The molecule has 0 radical (unpaired) electrons. The van der Waals surface area contributed by atoms with Gasteiger partial charge in [-0.3, -0.25) is 0 Å². The molecule has 116 valence electrons. The van der Waals surface area contributed by atoms with Gasteiger partial charge in [0, 0.05) is 6.54 Å². The lowest BCUT2D eigenvalue weighted by atomic mass is 9.94. The van der Waals surface area contributed by atoms with Crippen molar-refractivity contribution in [2.24, 2.45) is 0 Å². The van der Waals surface area contributed by atoms with Crippen molar-refractivity contribution in [2.45, 2.75) is 55.9 Å². The van der Waals surface area contributed by atoms with Gasteiger partial charge in [-0.15, -0.1) is 0 Å². The Morgan fingerprint density at radius 1 is 1.19 bits per heavy atom. The second-order valence-electron chi connectivity index (χ2n) is 5.84. The molecule has 2 heterocycles. The quantitative estimate of drug-likeness (QED) is 0.902. The van der Waals surface area contributed by atoms with Crippen LogP contribution in [0, 0.1) is 6.92 Å². The topological polar surface area (TPSA) is 66.8 Å². The van der Waals surface area contributed by atoms with E-state index in [4.69, 9.17) is 4.74 Å². The average molecular weight is 311 g/mol. The lowest BCUT2D eigenvalue weighted by Gasteiger charge is -2.44. The van der Waals surface area contributed by atoms with Gasteiger partial charge >= 0.3 is 0 Å². The van der Waals surface area contributed by atoms with E-state index >= 15 is 0 Å². The Bertz CT molecular complexity index is 599. The highest BCUT2D eigenvalue weighted by molar-refractivity contribution is 7.89. The molecule has 0 spiro atoms. The van der Waals surface area contributed by atoms with Gasteiger partial charge in [0.15, 0.2) is 6.29 Å². The van der Waals surface area contributed by atoms with Gasteiger partial charge < -0.3 is 9.84 Å². The Hall–Kier alpha value is -0.950. The zero-order valence-electron chi connectivity index (χ0n) is 12.1. The number of sulfonamides is 1. The normalized spacial score (nSPS) is 30.9. The van der Waals surface area contributed by atoms with Crippen LogP contribution in [0.3, 0.4) is 0 Å². The predicted molar refractivity (Wildman–Crippen MR) is 78.2 cm³/mol. The minimum atomic E-state index is -3.49. The van der Waals surface area contributed by atoms with Crippen LogP contribution in [-0.2, 0) is 14.8 Å². The van der Waals surface area contributed by atoms with Crippen molar-refractivity contribution >= 4 is 10.0 Å². The highest BCUT2D eigenvalue weighted by atomic mass is 32.2. The smallest absolute Gasteiger partial charge is 0.243 e. The van der Waals surface area contributed by atoms with E-state index < -0.39 is 16.3 Å². The van der Waals surface area contributed by atoms with Gasteiger partial charge in [-0.1, -0.05) is 17.7 Å². The van der Waals surface area contributed by atoms with E-state index in [9.17, 15) is 13.5 Å². The molecule has 21 heavy (non-hydrogen) atoms. The summed E-state index contributed by atoms with van der Waals surface area (Å²) in [6, 6.07) is 6.79. The molecule has 6 heteroatoms. The summed E-state index contributed by atoms with van der Waals surface area (Å²) >= 11 is 0. The number of hydrogen-bond donors (Lipinski definition) is 1. The van der Waals surface area contributed by atoms with Crippen LogP contribution in [0.25, 0.3) is 0 Å². The SMILES string of the molecule is Cc1ccc(S(=O)(=O)N2CCC[C@@H]3OC(O)CC[C@H]32)cc1. The van der Waals surface area contributed by atoms with Crippen LogP contribution in [0.15, 0.2) is 29.2 Å². The van der Waals surface area contributed by atoms with Crippen LogP contribution < -0.4 is 0 Å². The monoisotopic (exact) mass is 311 g/mol. The first-order valence-corrected chi connectivity index (χ1v) is 8.84. The van der Waals surface area contributed by atoms with Crippen molar-refractivity contribution in [1.29, 1.82) is 0 Å².